The molecule has 0 unspecified atom stereocenters. The molecule has 5 nitrogen and oxygen atoms in total. The number of carbonyl (C=O) groups is 2. The molecule has 1 N–H and O–H groups in total. The molecule has 1 amide bonds. The van der Waals surface area contributed by atoms with Gasteiger partial charge in [-0.25, -0.2) is 9.18 Å². The van der Waals surface area contributed by atoms with Crippen molar-refractivity contribution in [3.05, 3.63) is 58.7 Å². The SMILES string of the molecule is CCCOc1c(C(=O)OC)sc2ccc(NC(=O)c3ccc(F)cc3)cc12. The maximum absolute atomic E-state index is 13.0. The number of carbonyl (C=O) groups excluding carboxylic acids is 2. The monoisotopic (exact) mass is 387 g/mol. The van der Waals surface area contributed by atoms with Crippen LogP contribution in [0.4, 0.5) is 10.1 Å². The molecule has 0 spiro atoms. The lowest BCUT2D eigenvalue weighted by molar-refractivity contribution is 0.0602. The average Bonchev–Trinajstić information content (AvgIpc) is 3.04. The van der Waals surface area contributed by atoms with Gasteiger partial charge in [-0.2, -0.15) is 0 Å². The predicted octanol–water partition coefficient (Wildman–Crippen LogP) is 4.87. The summed E-state index contributed by atoms with van der Waals surface area (Å²) in [4.78, 5) is 24.8. The Labute approximate surface area is 159 Å². The molecule has 1 aromatic heterocycles. The second-order valence-electron chi connectivity index (χ2n) is 5.77. The molecule has 3 rings (SSSR count). The van der Waals surface area contributed by atoms with Crippen LogP contribution in [0.5, 0.6) is 5.75 Å². The van der Waals surface area contributed by atoms with E-state index in [2.05, 4.69) is 5.32 Å². The zero-order chi connectivity index (χ0) is 19.4. The molecule has 2 aromatic carbocycles. The molecular weight excluding hydrogens is 369 g/mol. The molecule has 0 atom stereocenters. The summed E-state index contributed by atoms with van der Waals surface area (Å²) in [6, 6.07) is 10.6. The van der Waals surface area contributed by atoms with Gasteiger partial charge in [-0.05, 0) is 48.9 Å². The number of halogens is 1. The largest absolute Gasteiger partial charge is 0.491 e. The fraction of sp³-hybridized carbons (Fsp3) is 0.200. The van der Waals surface area contributed by atoms with Gasteiger partial charge in [-0.3, -0.25) is 4.79 Å². The second kappa shape index (κ2) is 8.18. The van der Waals surface area contributed by atoms with Gasteiger partial charge in [0.1, 0.15) is 5.82 Å². The average molecular weight is 387 g/mol. The number of hydrogen-bond donors (Lipinski definition) is 1. The Morgan fingerprint density at radius 1 is 1.15 bits per heavy atom. The van der Waals surface area contributed by atoms with Crippen molar-refractivity contribution in [2.75, 3.05) is 19.0 Å². The van der Waals surface area contributed by atoms with Crippen LogP contribution in [0.3, 0.4) is 0 Å². The Morgan fingerprint density at radius 3 is 2.56 bits per heavy atom. The first-order valence-corrected chi connectivity index (χ1v) is 9.19. The highest BCUT2D eigenvalue weighted by molar-refractivity contribution is 7.21. The van der Waals surface area contributed by atoms with Crippen LogP contribution in [-0.2, 0) is 4.74 Å². The van der Waals surface area contributed by atoms with Crippen LogP contribution >= 0.6 is 11.3 Å². The summed E-state index contributed by atoms with van der Waals surface area (Å²) in [5, 5.41) is 3.50. The van der Waals surface area contributed by atoms with Crippen LogP contribution in [0.25, 0.3) is 10.1 Å². The number of hydrogen-bond acceptors (Lipinski definition) is 5. The molecule has 0 aliphatic heterocycles. The van der Waals surface area contributed by atoms with Gasteiger partial charge in [0.2, 0.25) is 0 Å². The first-order chi connectivity index (χ1) is 13.0. The van der Waals surface area contributed by atoms with Crippen LogP contribution in [0.1, 0.15) is 33.4 Å². The normalized spacial score (nSPS) is 10.6. The van der Waals surface area contributed by atoms with E-state index < -0.39 is 11.8 Å². The number of esters is 1. The van der Waals surface area contributed by atoms with Crippen LogP contribution in [0, 0.1) is 5.82 Å². The van der Waals surface area contributed by atoms with Crippen molar-refractivity contribution in [3.63, 3.8) is 0 Å². The molecule has 0 fully saturated rings. The third-order valence-corrected chi connectivity index (χ3v) is 4.96. The van der Waals surface area contributed by atoms with E-state index in [0.29, 0.717) is 28.5 Å². The number of methoxy groups -OCH3 is 1. The number of nitrogens with one attached hydrogen (secondary N) is 1. The zero-order valence-corrected chi connectivity index (χ0v) is 15.7. The van der Waals surface area contributed by atoms with Gasteiger partial charge < -0.3 is 14.8 Å². The van der Waals surface area contributed by atoms with E-state index >= 15 is 0 Å². The summed E-state index contributed by atoms with van der Waals surface area (Å²) in [5.41, 5.74) is 0.895. The van der Waals surface area contributed by atoms with Gasteiger partial charge >= 0.3 is 5.97 Å². The lowest BCUT2D eigenvalue weighted by Crippen LogP contribution is -2.11. The van der Waals surface area contributed by atoms with Gasteiger partial charge in [0.15, 0.2) is 10.6 Å². The Hall–Kier alpha value is -2.93. The minimum Gasteiger partial charge on any atom is -0.491 e. The minimum atomic E-state index is -0.459. The third kappa shape index (κ3) is 4.09. The van der Waals surface area contributed by atoms with Crippen LogP contribution in [-0.4, -0.2) is 25.6 Å². The molecule has 0 saturated carbocycles. The molecule has 0 bridgehead atoms. The molecule has 3 aromatic rings. The molecule has 140 valence electrons. The highest BCUT2D eigenvalue weighted by Gasteiger charge is 2.21. The van der Waals surface area contributed by atoms with E-state index in [1.54, 1.807) is 12.1 Å². The number of ether oxygens (including phenoxy) is 2. The molecule has 0 aliphatic carbocycles. The molecule has 1 heterocycles. The third-order valence-electron chi connectivity index (χ3n) is 3.83. The van der Waals surface area contributed by atoms with E-state index in [1.165, 1.54) is 42.7 Å². The lowest BCUT2D eigenvalue weighted by atomic mass is 10.2. The Balaban J connectivity index is 1.94. The second-order valence-corrected chi connectivity index (χ2v) is 6.82. The number of rotatable bonds is 6. The first kappa shape index (κ1) is 18.8. The smallest absolute Gasteiger partial charge is 0.351 e. The van der Waals surface area contributed by atoms with Gasteiger partial charge in [0.05, 0.1) is 13.7 Å². The number of amides is 1. The minimum absolute atomic E-state index is 0.347. The molecule has 7 heteroatoms. The van der Waals surface area contributed by atoms with Crippen molar-refractivity contribution >= 4 is 39.0 Å². The lowest BCUT2D eigenvalue weighted by Gasteiger charge is -2.08. The quantitative estimate of drug-likeness (QED) is 0.613. The first-order valence-electron chi connectivity index (χ1n) is 8.38. The Kier molecular flexibility index (Phi) is 5.71. The molecular formula is C20H18FNO4S. The molecule has 27 heavy (non-hydrogen) atoms. The Bertz CT molecular complexity index is 982. The van der Waals surface area contributed by atoms with Crippen molar-refractivity contribution in [2.45, 2.75) is 13.3 Å². The van der Waals surface area contributed by atoms with E-state index in [4.69, 9.17) is 9.47 Å². The number of benzene rings is 2. The van der Waals surface area contributed by atoms with Gasteiger partial charge in [-0.1, -0.05) is 6.92 Å². The topological polar surface area (TPSA) is 64.6 Å². The fourth-order valence-electron chi connectivity index (χ4n) is 2.53. The Morgan fingerprint density at radius 2 is 1.89 bits per heavy atom. The van der Waals surface area contributed by atoms with Crippen molar-refractivity contribution in [1.82, 2.24) is 0 Å². The van der Waals surface area contributed by atoms with Crippen molar-refractivity contribution in [2.24, 2.45) is 0 Å². The maximum Gasteiger partial charge on any atom is 0.351 e. The van der Waals surface area contributed by atoms with Crippen LogP contribution in [0.15, 0.2) is 42.5 Å². The standard InChI is InChI=1S/C20H18FNO4S/c1-3-10-26-17-15-11-14(8-9-16(15)27-18(17)20(24)25-2)22-19(23)12-4-6-13(21)7-5-12/h4-9,11H,3,10H2,1-2H3,(H,22,23). The number of anilines is 1. The van der Waals surface area contributed by atoms with Gasteiger partial charge in [-0.15, -0.1) is 11.3 Å². The molecule has 0 radical (unpaired) electrons. The zero-order valence-electron chi connectivity index (χ0n) is 14.9. The van der Waals surface area contributed by atoms with E-state index in [9.17, 15) is 14.0 Å². The summed E-state index contributed by atoms with van der Waals surface area (Å²) >= 11 is 1.28. The van der Waals surface area contributed by atoms with E-state index in [-0.39, 0.29) is 5.91 Å². The van der Waals surface area contributed by atoms with Crippen molar-refractivity contribution in [3.8, 4) is 5.75 Å². The van der Waals surface area contributed by atoms with Gasteiger partial charge in [0.25, 0.3) is 5.91 Å². The summed E-state index contributed by atoms with van der Waals surface area (Å²) in [6.07, 6.45) is 0.791. The summed E-state index contributed by atoms with van der Waals surface area (Å²) in [5.74, 6) is -0.756. The predicted molar refractivity (Wildman–Crippen MR) is 103 cm³/mol. The van der Waals surface area contributed by atoms with Crippen LogP contribution in [0.2, 0.25) is 0 Å². The highest BCUT2D eigenvalue weighted by Crippen LogP contribution is 2.39. The molecule has 0 aliphatic rings. The van der Waals surface area contributed by atoms with E-state index in [0.717, 1.165) is 16.5 Å². The fourth-order valence-corrected chi connectivity index (χ4v) is 3.58. The number of thiophene rings is 1. The van der Waals surface area contributed by atoms with Crippen LogP contribution < -0.4 is 10.1 Å². The van der Waals surface area contributed by atoms with Crippen molar-refractivity contribution < 1.29 is 23.5 Å². The highest BCUT2D eigenvalue weighted by atomic mass is 32.1. The number of fused-ring (bicyclic) bond motifs is 1. The maximum atomic E-state index is 13.0. The summed E-state index contributed by atoms with van der Waals surface area (Å²) in [6.45, 7) is 2.43. The van der Waals surface area contributed by atoms with Gasteiger partial charge in [0, 0.05) is 21.3 Å². The van der Waals surface area contributed by atoms with E-state index in [1.807, 2.05) is 13.0 Å². The summed E-state index contributed by atoms with van der Waals surface area (Å²) < 4.78 is 24.5. The molecule has 0 saturated heterocycles. The van der Waals surface area contributed by atoms with Crippen molar-refractivity contribution in [1.29, 1.82) is 0 Å². The summed E-state index contributed by atoms with van der Waals surface area (Å²) in [7, 11) is 1.32.